The molecule has 3 N–H and O–H groups in total. The molecule has 0 unspecified atom stereocenters. The van der Waals surface area contributed by atoms with E-state index in [4.69, 9.17) is 10.8 Å². The van der Waals surface area contributed by atoms with Crippen LogP contribution < -0.4 is 5.73 Å². The summed E-state index contributed by atoms with van der Waals surface area (Å²) in [4.78, 5) is 9.43. The van der Waals surface area contributed by atoms with E-state index >= 15 is 0 Å². The summed E-state index contributed by atoms with van der Waals surface area (Å²) in [6, 6.07) is 0. The highest BCUT2D eigenvalue weighted by Gasteiger charge is 1.85. The zero-order valence-electron chi connectivity index (χ0n) is 3.85. The van der Waals surface area contributed by atoms with Crippen LogP contribution in [0.25, 0.3) is 0 Å². The molecular weight excluding hydrogens is 94.0 g/mol. The van der Waals surface area contributed by atoms with E-state index in [2.05, 4.69) is 0 Å². The number of carbonyl (C=O) groups excluding carboxylic acids is 1. The molecule has 0 heterocycles. The summed E-state index contributed by atoms with van der Waals surface area (Å²) in [5.41, 5.74) is 4.95. The molecule has 0 aromatic rings. The Bertz CT molecular complexity index is 93.9. The molecule has 0 radical (unpaired) electrons. The first-order valence-electron chi connectivity index (χ1n) is 1.94. The Morgan fingerprint density at radius 2 is 2.43 bits per heavy atom. The van der Waals surface area contributed by atoms with Gasteiger partial charge < -0.3 is 10.8 Å². The van der Waals surface area contributed by atoms with E-state index in [1.54, 1.807) is 0 Å². The van der Waals surface area contributed by atoms with Gasteiger partial charge in [0.15, 0.2) is 11.7 Å². The maximum absolute atomic E-state index is 9.43. The van der Waals surface area contributed by atoms with Gasteiger partial charge in [-0.15, -0.1) is 0 Å². The fourth-order valence-electron chi connectivity index (χ4n) is 0.188. The summed E-state index contributed by atoms with van der Waals surface area (Å²) in [6.45, 7) is 0.293. The molecule has 0 aliphatic carbocycles. The molecule has 0 atom stereocenters. The van der Waals surface area contributed by atoms with E-state index in [0.29, 0.717) is 6.54 Å². The van der Waals surface area contributed by atoms with Crippen molar-refractivity contribution in [3.05, 3.63) is 5.76 Å². The summed E-state index contributed by atoms with van der Waals surface area (Å²) < 4.78 is 0. The highest BCUT2D eigenvalue weighted by molar-refractivity contribution is 5.48. The first kappa shape index (κ1) is 6.21. The van der Waals surface area contributed by atoms with E-state index < -0.39 is 0 Å². The summed E-state index contributed by atoms with van der Waals surface area (Å²) in [5, 5.41) is 8.27. The van der Waals surface area contributed by atoms with Gasteiger partial charge in [-0.3, -0.25) is 0 Å². The predicted molar refractivity (Wildman–Crippen MR) is 25.5 cm³/mol. The van der Waals surface area contributed by atoms with Gasteiger partial charge in [0, 0.05) is 13.0 Å². The van der Waals surface area contributed by atoms with E-state index in [-0.39, 0.29) is 12.2 Å². The first-order chi connectivity index (χ1) is 3.31. The molecule has 40 valence electrons. The van der Waals surface area contributed by atoms with Crippen molar-refractivity contribution < 1.29 is 9.90 Å². The maximum Gasteiger partial charge on any atom is 0.178 e. The number of aliphatic hydroxyl groups excluding tert-OH is 1. The minimum Gasteiger partial charge on any atom is -0.502 e. The predicted octanol–water partition coefficient (Wildman–Crippen LogP) is -0.391. The topological polar surface area (TPSA) is 63.3 Å². The van der Waals surface area contributed by atoms with Crippen LogP contribution in [0.2, 0.25) is 0 Å². The molecule has 3 nitrogen and oxygen atoms in total. The van der Waals surface area contributed by atoms with Gasteiger partial charge in [0.2, 0.25) is 0 Å². The van der Waals surface area contributed by atoms with Crippen LogP contribution in [0.15, 0.2) is 5.76 Å². The number of rotatable bonds is 2. The Labute approximate surface area is 41.4 Å². The van der Waals surface area contributed by atoms with Gasteiger partial charge in [0.25, 0.3) is 0 Å². The average Bonchev–Trinajstić information content (AvgIpc) is 1.68. The fourth-order valence-corrected chi connectivity index (χ4v) is 0.188. The van der Waals surface area contributed by atoms with Gasteiger partial charge in [-0.1, -0.05) is 0 Å². The molecule has 0 aliphatic heterocycles. The molecule has 0 saturated heterocycles. The van der Waals surface area contributed by atoms with Crippen molar-refractivity contribution in [1.29, 1.82) is 0 Å². The standard InChI is InChI=1S/C4H7NO2/c5-2-1-4(7)3-6/h7H,1-2,5H2. The molecule has 0 aromatic carbocycles. The normalized spacial score (nSPS) is 7.57. The Balaban J connectivity index is 3.37. The summed E-state index contributed by atoms with van der Waals surface area (Å²) in [7, 11) is 0. The fraction of sp³-hybridized carbons (Fsp3) is 0.500. The Morgan fingerprint density at radius 1 is 1.86 bits per heavy atom. The monoisotopic (exact) mass is 101 g/mol. The van der Waals surface area contributed by atoms with E-state index in [0.717, 1.165) is 0 Å². The number of nitrogens with two attached hydrogens (primary N) is 1. The number of hydrogen-bond donors (Lipinski definition) is 2. The molecule has 7 heavy (non-hydrogen) atoms. The molecule has 0 saturated carbocycles. The average molecular weight is 101 g/mol. The minimum absolute atomic E-state index is 0.226. The quantitative estimate of drug-likeness (QED) is 0.367. The highest BCUT2D eigenvalue weighted by atomic mass is 16.3. The van der Waals surface area contributed by atoms with Crippen molar-refractivity contribution in [3.63, 3.8) is 0 Å². The van der Waals surface area contributed by atoms with Crippen molar-refractivity contribution in [2.45, 2.75) is 6.42 Å². The molecule has 0 bridgehead atoms. The van der Waals surface area contributed by atoms with Crippen molar-refractivity contribution in [3.8, 4) is 0 Å². The second-order valence-corrected chi connectivity index (χ2v) is 1.09. The summed E-state index contributed by atoms with van der Waals surface area (Å²) in [6.07, 6.45) is 0.226. The van der Waals surface area contributed by atoms with Crippen molar-refractivity contribution in [2.75, 3.05) is 6.54 Å². The number of hydrogen-bond acceptors (Lipinski definition) is 3. The van der Waals surface area contributed by atoms with Gasteiger partial charge in [0.05, 0.1) is 0 Å². The van der Waals surface area contributed by atoms with Gasteiger partial charge in [-0.25, -0.2) is 4.79 Å². The van der Waals surface area contributed by atoms with E-state index in [1.165, 1.54) is 5.94 Å². The van der Waals surface area contributed by atoms with Crippen LogP contribution in [-0.2, 0) is 4.79 Å². The first-order valence-corrected chi connectivity index (χ1v) is 1.94. The third-order valence-electron chi connectivity index (χ3n) is 0.499. The minimum atomic E-state index is -0.303. The molecular formula is C4H7NO2. The van der Waals surface area contributed by atoms with E-state index in [1.807, 2.05) is 0 Å². The number of aliphatic hydroxyl groups is 1. The van der Waals surface area contributed by atoms with Gasteiger partial charge >= 0.3 is 0 Å². The zero-order chi connectivity index (χ0) is 5.70. The van der Waals surface area contributed by atoms with Crippen LogP contribution in [-0.4, -0.2) is 17.6 Å². The third-order valence-corrected chi connectivity index (χ3v) is 0.499. The maximum atomic E-state index is 9.43. The Morgan fingerprint density at radius 3 is 2.57 bits per heavy atom. The van der Waals surface area contributed by atoms with Gasteiger partial charge in [-0.2, -0.15) is 0 Å². The smallest absolute Gasteiger partial charge is 0.178 e. The highest BCUT2D eigenvalue weighted by Crippen LogP contribution is 1.83. The van der Waals surface area contributed by atoms with Crippen molar-refractivity contribution in [2.24, 2.45) is 5.73 Å². The lowest BCUT2D eigenvalue weighted by atomic mass is 10.4. The second kappa shape index (κ2) is 3.40. The second-order valence-electron chi connectivity index (χ2n) is 1.09. The zero-order valence-corrected chi connectivity index (χ0v) is 3.85. The SMILES string of the molecule is NCCC(O)=C=O. The summed E-state index contributed by atoms with van der Waals surface area (Å²) in [5.74, 6) is 1.00. The van der Waals surface area contributed by atoms with Crippen LogP contribution in [0.3, 0.4) is 0 Å². The Kier molecular flexibility index (Phi) is 3.02. The molecule has 3 heteroatoms. The lowest BCUT2D eigenvalue weighted by Gasteiger charge is -1.84. The van der Waals surface area contributed by atoms with Crippen LogP contribution >= 0.6 is 0 Å². The molecule has 0 rings (SSSR count). The molecule has 0 aliphatic rings. The largest absolute Gasteiger partial charge is 0.502 e. The molecule has 0 spiro atoms. The van der Waals surface area contributed by atoms with Crippen LogP contribution in [0, 0.1) is 0 Å². The Hall–Kier alpha value is -0.790. The lowest BCUT2D eigenvalue weighted by Crippen LogP contribution is -1.99. The molecule has 0 amide bonds. The van der Waals surface area contributed by atoms with Crippen molar-refractivity contribution >= 4 is 5.94 Å². The van der Waals surface area contributed by atoms with Gasteiger partial charge in [0.1, 0.15) is 0 Å². The molecule has 0 fully saturated rings. The van der Waals surface area contributed by atoms with Crippen LogP contribution in [0.4, 0.5) is 0 Å². The van der Waals surface area contributed by atoms with Crippen LogP contribution in [0.1, 0.15) is 6.42 Å². The van der Waals surface area contributed by atoms with Crippen molar-refractivity contribution in [1.82, 2.24) is 0 Å². The van der Waals surface area contributed by atoms with Crippen LogP contribution in [0.5, 0.6) is 0 Å². The lowest BCUT2D eigenvalue weighted by molar-refractivity contribution is 0.391. The van der Waals surface area contributed by atoms with Gasteiger partial charge in [-0.05, 0) is 0 Å². The summed E-state index contributed by atoms with van der Waals surface area (Å²) >= 11 is 0. The molecule has 0 aromatic heterocycles. The third kappa shape index (κ3) is 3.03. The van der Waals surface area contributed by atoms with E-state index in [9.17, 15) is 4.79 Å².